The largest absolute Gasteiger partial charge is 0.379 e. The molecule has 2 aliphatic rings. The van der Waals surface area contributed by atoms with Gasteiger partial charge in [0.15, 0.2) is 5.96 Å². The number of guanidine groups is 1. The van der Waals surface area contributed by atoms with E-state index < -0.39 is 0 Å². The molecule has 1 aromatic heterocycles. The summed E-state index contributed by atoms with van der Waals surface area (Å²) in [4.78, 5) is 9.59. The molecule has 1 atom stereocenters. The van der Waals surface area contributed by atoms with Crippen molar-refractivity contribution >= 4 is 5.96 Å². The number of nitrogens with zero attached hydrogens (tertiary/aromatic N) is 4. The highest BCUT2D eigenvalue weighted by Gasteiger charge is 2.27. The fourth-order valence-electron chi connectivity index (χ4n) is 3.22. The molecule has 128 valence electrons. The van der Waals surface area contributed by atoms with Crippen LogP contribution in [0.2, 0.25) is 0 Å². The van der Waals surface area contributed by atoms with Gasteiger partial charge >= 0.3 is 0 Å². The number of morpholine rings is 1. The molecule has 3 heterocycles. The fraction of sp³-hybridized carbons (Fsp3) is 0.750. The van der Waals surface area contributed by atoms with Gasteiger partial charge in [-0.3, -0.25) is 4.90 Å². The maximum atomic E-state index is 5.43. The van der Waals surface area contributed by atoms with Crippen molar-refractivity contribution in [3.8, 4) is 0 Å². The molecule has 0 radical (unpaired) electrons. The molecule has 3 rings (SSSR count). The van der Waals surface area contributed by atoms with Crippen LogP contribution in [0.3, 0.4) is 0 Å². The van der Waals surface area contributed by atoms with E-state index in [2.05, 4.69) is 27.2 Å². The molecular weight excluding hydrogens is 294 g/mol. The molecule has 2 fully saturated rings. The Balaban J connectivity index is 1.52. The minimum Gasteiger partial charge on any atom is -0.379 e. The third-order valence-corrected chi connectivity index (χ3v) is 4.42. The van der Waals surface area contributed by atoms with Crippen molar-refractivity contribution in [1.82, 2.24) is 20.3 Å². The van der Waals surface area contributed by atoms with Crippen molar-refractivity contribution in [3.63, 3.8) is 0 Å². The lowest BCUT2D eigenvalue weighted by molar-refractivity contribution is 0.0315. The maximum absolute atomic E-state index is 5.43. The van der Waals surface area contributed by atoms with Gasteiger partial charge in [0, 0.05) is 45.3 Å². The summed E-state index contributed by atoms with van der Waals surface area (Å²) in [5, 5.41) is 7.32. The SMILES string of the molecule is CCNC(=NCc1ccon1)N1CCC(CN2CCOCC2)C1. The molecule has 0 bridgehead atoms. The molecule has 2 aliphatic heterocycles. The van der Waals surface area contributed by atoms with Crippen LogP contribution >= 0.6 is 0 Å². The molecule has 0 saturated carbocycles. The Morgan fingerprint density at radius 1 is 1.39 bits per heavy atom. The van der Waals surface area contributed by atoms with E-state index in [1.165, 1.54) is 13.0 Å². The minimum absolute atomic E-state index is 0.559. The van der Waals surface area contributed by atoms with Crippen LogP contribution in [0.5, 0.6) is 0 Å². The van der Waals surface area contributed by atoms with Gasteiger partial charge in [-0.2, -0.15) is 0 Å². The van der Waals surface area contributed by atoms with Gasteiger partial charge in [-0.25, -0.2) is 4.99 Å². The van der Waals surface area contributed by atoms with Crippen LogP contribution in [-0.2, 0) is 11.3 Å². The van der Waals surface area contributed by atoms with Crippen LogP contribution < -0.4 is 5.32 Å². The second-order valence-corrected chi connectivity index (χ2v) is 6.17. The Morgan fingerprint density at radius 3 is 3.00 bits per heavy atom. The number of nitrogens with one attached hydrogen (secondary N) is 1. The van der Waals surface area contributed by atoms with Crippen molar-refractivity contribution in [2.45, 2.75) is 19.9 Å². The summed E-state index contributed by atoms with van der Waals surface area (Å²) in [6.45, 7) is 10.7. The summed E-state index contributed by atoms with van der Waals surface area (Å²) in [5.41, 5.74) is 0.865. The molecule has 1 unspecified atom stereocenters. The van der Waals surface area contributed by atoms with Gasteiger partial charge in [-0.1, -0.05) is 5.16 Å². The third-order valence-electron chi connectivity index (χ3n) is 4.42. The highest BCUT2D eigenvalue weighted by atomic mass is 16.5. The first-order chi connectivity index (χ1) is 11.3. The molecule has 7 heteroatoms. The average Bonchev–Trinajstić information content (AvgIpc) is 3.24. The lowest BCUT2D eigenvalue weighted by Gasteiger charge is -2.29. The van der Waals surface area contributed by atoms with E-state index in [1.807, 2.05) is 6.07 Å². The second-order valence-electron chi connectivity index (χ2n) is 6.17. The van der Waals surface area contributed by atoms with Crippen LogP contribution in [0.25, 0.3) is 0 Å². The zero-order valence-electron chi connectivity index (χ0n) is 13.9. The molecule has 2 saturated heterocycles. The van der Waals surface area contributed by atoms with Crippen molar-refractivity contribution in [2.24, 2.45) is 10.9 Å². The summed E-state index contributed by atoms with van der Waals surface area (Å²) in [5.74, 6) is 1.70. The van der Waals surface area contributed by atoms with Crippen molar-refractivity contribution in [2.75, 3.05) is 52.5 Å². The van der Waals surface area contributed by atoms with E-state index in [0.717, 1.165) is 57.6 Å². The van der Waals surface area contributed by atoms with Gasteiger partial charge in [-0.05, 0) is 19.3 Å². The molecule has 7 nitrogen and oxygen atoms in total. The lowest BCUT2D eigenvalue weighted by atomic mass is 10.1. The van der Waals surface area contributed by atoms with Gasteiger partial charge in [0.25, 0.3) is 0 Å². The van der Waals surface area contributed by atoms with Crippen LogP contribution in [0.1, 0.15) is 19.0 Å². The van der Waals surface area contributed by atoms with Gasteiger partial charge in [0.1, 0.15) is 12.0 Å². The molecule has 23 heavy (non-hydrogen) atoms. The predicted molar refractivity (Wildman–Crippen MR) is 88.3 cm³/mol. The summed E-state index contributed by atoms with van der Waals surface area (Å²) in [6, 6.07) is 1.86. The smallest absolute Gasteiger partial charge is 0.194 e. The second kappa shape index (κ2) is 8.31. The average molecular weight is 321 g/mol. The first kappa shape index (κ1) is 16.3. The Bertz CT molecular complexity index is 485. The van der Waals surface area contributed by atoms with Crippen LogP contribution in [0, 0.1) is 5.92 Å². The zero-order valence-corrected chi connectivity index (χ0v) is 13.9. The standard InChI is InChI=1S/C16H27N5O2/c1-2-17-16(18-11-15-4-8-23-19-15)21-5-3-14(13-21)12-20-6-9-22-10-7-20/h4,8,14H,2-3,5-7,9-13H2,1H3,(H,17,18). The number of likely N-dealkylation sites (tertiary alicyclic amines) is 1. The lowest BCUT2D eigenvalue weighted by Crippen LogP contribution is -2.42. The molecule has 1 N–H and O–H groups in total. The van der Waals surface area contributed by atoms with Gasteiger partial charge in [0.05, 0.1) is 19.8 Å². The monoisotopic (exact) mass is 321 g/mol. The summed E-state index contributed by atoms with van der Waals surface area (Å²) >= 11 is 0. The van der Waals surface area contributed by atoms with E-state index >= 15 is 0 Å². The van der Waals surface area contributed by atoms with E-state index in [9.17, 15) is 0 Å². The highest BCUT2D eigenvalue weighted by molar-refractivity contribution is 5.80. The van der Waals surface area contributed by atoms with Crippen LogP contribution in [0.4, 0.5) is 0 Å². The Morgan fingerprint density at radius 2 is 2.26 bits per heavy atom. The first-order valence-electron chi connectivity index (χ1n) is 8.57. The Labute approximate surface area is 137 Å². The predicted octanol–water partition coefficient (Wildman–Crippen LogP) is 0.794. The quantitative estimate of drug-likeness (QED) is 0.639. The summed E-state index contributed by atoms with van der Waals surface area (Å²) < 4.78 is 10.3. The maximum Gasteiger partial charge on any atom is 0.194 e. The van der Waals surface area contributed by atoms with E-state index in [-0.39, 0.29) is 0 Å². The van der Waals surface area contributed by atoms with E-state index in [4.69, 9.17) is 14.3 Å². The normalized spacial score (nSPS) is 23.4. The Kier molecular flexibility index (Phi) is 5.87. The molecule has 1 aromatic rings. The fourth-order valence-corrected chi connectivity index (χ4v) is 3.22. The molecule has 0 amide bonds. The van der Waals surface area contributed by atoms with E-state index in [1.54, 1.807) is 6.26 Å². The topological polar surface area (TPSA) is 66.1 Å². The van der Waals surface area contributed by atoms with Gasteiger partial charge in [-0.15, -0.1) is 0 Å². The molecular formula is C16H27N5O2. The Hall–Kier alpha value is -1.60. The minimum atomic E-state index is 0.559. The van der Waals surface area contributed by atoms with Crippen LogP contribution in [-0.4, -0.2) is 73.4 Å². The van der Waals surface area contributed by atoms with Crippen molar-refractivity contribution in [3.05, 3.63) is 18.0 Å². The molecule has 0 aromatic carbocycles. The van der Waals surface area contributed by atoms with Crippen molar-refractivity contribution < 1.29 is 9.26 Å². The number of hydrogen-bond acceptors (Lipinski definition) is 5. The summed E-state index contributed by atoms with van der Waals surface area (Å²) in [6.07, 6.45) is 2.82. The van der Waals surface area contributed by atoms with E-state index in [0.29, 0.717) is 12.5 Å². The number of aromatic nitrogens is 1. The van der Waals surface area contributed by atoms with Crippen LogP contribution in [0.15, 0.2) is 21.8 Å². The molecule has 0 aliphatic carbocycles. The molecule has 0 spiro atoms. The third kappa shape index (κ3) is 4.68. The number of ether oxygens (including phenoxy) is 1. The van der Waals surface area contributed by atoms with Gasteiger partial charge in [0.2, 0.25) is 0 Å². The highest BCUT2D eigenvalue weighted by Crippen LogP contribution is 2.18. The van der Waals surface area contributed by atoms with Gasteiger partial charge < -0.3 is 19.5 Å². The number of aliphatic imine (C=N–C) groups is 1. The number of rotatable bonds is 5. The number of hydrogen-bond donors (Lipinski definition) is 1. The zero-order chi connectivity index (χ0) is 15.9. The summed E-state index contributed by atoms with van der Waals surface area (Å²) in [7, 11) is 0. The first-order valence-corrected chi connectivity index (χ1v) is 8.57. The van der Waals surface area contributed by atoms with Crippen molar-refractivity contribution in [1.29, 1.82) is 0 Å².